The molecule has 1 aromatic heterocycles. The molecule has 7 nitrogen and oxygen atoms in total. The van der Waals surface area contributed by atoms with Gasteiger partial charge in [0.05, 0.1) is 5.69 Å². The van der Waals surface area contributed by atoms with E-state index in [1.807, 2.05) is 0 Å². The second-order valence-corrected chi connectivity index (χ2v) is 8.01. The zero-order valence-electron chi connectivity index (χ0n) is 16.9. The fraction of sp³-hybridized carbons (Fsp3) is 0.182. The van der Waals surface area contributed by atoms with Gasteiger partial charge in [-0.2, -0.15) is 0 Å². The van der Waals surface area contributed by atoms with Crippen molar-refractivity contribution >= 4 is 34.3 Å². The van der Waals surface area contributed by atoms with Gasteiger partial charge in [0, 0.05) is 10.9 Å². The second kappa shape index (κ2) is 8.46. The summed E-state index contributed by atoms with van der Waals surface area (Å²) in [7, 11) is 0. The summed E-state index contributed by atoms with van der Waals surface area (Å²) in [5, 5.41) is 6.81. The van der Waals surface area contributed by atoms with Crippen molar-refractivity contribution in [1.29, 1.82) is 0 Å². The van der Waals surface area contributed by atoms with E-state index in [1.165, 1.54) is 5.38 Å². The van der Waals surface area contributed by atoms with Crippen molar-refractivity contribution in [3.63, 3.8) is 0 Å². The molecule has 164 valence electrons. The van der Waals surface area contributed by atoms with Crippen LogP contribution in [0.5, 0.6) is 0 Å². The third-order valence-corrected chi connectivity index (χ3v) is 5.99. The van der Waals surface area contributed by atoms with Crippen LogP contribution in [0.25, 0.3) is 11.3 Å². The number of aromatic nitrogens is 1. The first-order valence-electron chi connectivity index (χ1n) is 9.74. The lowest BCUT2D eigenvalue weighted by atomic mass is 9.87. The minimum absolute atomic E-state index is 0.0357. The second-order valence-electron chi connectivity index (χ2n) is 7.16. The van der Waals surface area contributed by atoms with Gasteiger partial charge in [0.25, 0.3) is 5.91 Å². The molecule has 2 aromatic carbocycles. The molecule has 32 heavy (non-hydrogen) atoms. The lowest BCUT2D eigenvalue weighted by molar-refractivity contribution is -0.134. The van der Waals surface area contributed by atoms with Crippen LogP contribution in [0.4, 0.5) is 18.7 Å². The van der Waals surface area contributed by atoms with Gasteiger partial charge in [-0.15, -0.1) is 11.3 Å². The molecule has 4 amide bonds. The van der Waals surface area contributed by atoms with Crippen molar-refractivity contribution in [3.05, 3.63) is 71.1 Å². The molecule has 0 bridgehead atoms. The number of carbonyl (C=O) groups is 3. The van der Waals surface area contributed by atoms with Crippen molar-refractivity contribution in [2.45, 2.75) is 18.9 Å². The van der Waals surface area contributed by atoms with Gasteiger partial charge in [-0.25, -0.2) is 18.6 Å². The number of halogens is 2. The molecular formula is C22H18F2N4O3S. The predicted molar refractivity (Wildman–Crippen MR) is 115 cm³/mol. The summed E-state index contributed by atoms with van der Waals surface area (Å²) in [6.07, 6.45) is 0.314. The Balaban J connectivity index is 1.48. The van der Waals surface area contributed by atoms with Gasteiger partial charge in [0.15, 0.2) is 5.13 Å². The number of carbonyl (C=O) groups excluding carboxylic acids is 3. The highest BCUT2D eigenvalue weighted by molar-refractivity contribution is 7.14. The van der Waals surface area contributed by atoms with Gasteiger partial charge in [0.1, 0.15) is 23.7 Å². The molecule has 0 radical (unpaired) electrons. The van der Waals surface area contributed by atoms with Gasteiger partial charge >= 0.3 is 6.03 Å². The molecule has 0 saturated carbocycles. The number of rotatable bonds is 6. The number of anilines is 1. The third kappa shape index (κ3) is 3.84. The van der Waals surface area contributed by atoms with E-state index >= 15 is 0 Å². The van der Waals surface area contributed by atoms with Gasteiger partial charge in [-0.1, -0.05) is 37.3 Å². The Hall–Kier alpha value is -3.66. The minimum Gasteiger partial charge on any atom is -0.319 e. The van der Waals surface area contributed by atoms with E-state index in [0.29, 0.717) is 12.0 Å². The zero-order chi connectivity index (χ0) is 22.9. The number of amides is 4. The summed E-state index contributed by atoms with van der Waals surface area (Å²) < 4.78 is 27.4. The van der Waals surface area contributed by atoms with Gasteiger partial charge in [0.2, 0.25) is 5.91 Å². The number of thiazole rings is 1. The molecule has 2 heterocycles. The fourth-order valence-electron chi connectivity index (χ4n) is 3.58. The average Bonchev–Trinajstić information content (AvgIpc) is 3.34. The van der Waals surface area contributed by atoms with E-state index in [2.05, 4.69) is 15.6 Å². The summed E-state index contributed by atoms with van der Waals surface area (Å²) in [5.41, 5.74) is -0.481. The van der Waals surface area contributed by atoms with Crippen LogP contribution in [0, 0.1) is 11.6 Å². The van der Waals surface area contributed by atoms with E-state index in [9.17, 15) is 23.2 Å². The Morgan fingerprint density at radius 2 is 1.94 bits per heavy atom. The number of nitrogens with one attached hydrogen (secondary N) is 2. The largest absolute Gasteiger partial charge is 0.325 e. The summed E-state index contributed by atoms with van der Waals surface area (Å²) in [5.74, 6) is -2.43. The molecule has 1 saturated heterocycles. The number of imide groups is 1. The topological polar surface area (TPSA) is 91.4 Å². The maximum Gasteiger partial charge on any atom is 0.325 e. The molecule has 1 aliphatic heterocycles. The van der Waals surface area contributed by atoms with Crippen molar-refractivity contribution in [2.24, 2.45) is 0 Å². The standard InChI is InChI=1S/C22H18F2N4O3S/c1-2-22(13-6-4-3-5-7-13)19(30)28(21(31)27-22)11-18(29)26-20-25-17(12-32-20)15-10-14(23)8-9-16(15)24/h3-10,12H,2,11H2,1H3,(H,27,31)(H,25,26,29). The number of hydrogen-bond donors (Lipinski definition) is 2. The molecule has 2 N–H and O–H groups in total. The maximum atomic E-state index is 14.0. The number of urea groups is 1. The summed E-state index contributed by atoms with van der Waals surface area (Å²) in [4.78, 5) is 43.1. The van der Waals surface area contributed by atoms with Gasteiger partial charge in [-0.05, 0) is 30.2 Å². The molecule has 1 unspecified atom stereocenters. The van der Waals surface area contributed by atoms with Crippen LogP contribution in [-0.2, 0) is 15.1 Å². The summed E-state index contributed by atoms with van der Waals surface area (Å²) in [6.45, 7) is 1.26. The summed E-state index contributed by atoms with van der Waals surface area (Å²) in [6, 6.07) is 11.2. The fourth-order valence-corrected chi connectivity index (χ4v) is 4.31. The first-order chi connectivity index (χ1) is 15.3. The minimum atomic E-state index is -1.23. The van der Waals surface area contributed by atoms with Crippen LogP contribution in [0.2, 0.25) is 0 Å². The highest BCUT2D eigenvalue weighted by Crippen LogP contribution is 2.32. The lowest BCUT2D eigenvalue weighted by Crippen LogP contribution is -2.44. The Morgan fingerprint density at radius 1 is 1.19 bits per heavy atom. The van der Waals surface area contributed by atoms with Crippen molar-refractivity contribution in [1.82, 2.24) is 15.2 Å². The maximum absolute atomic E-state index is 14.0. The first kappa shape index (κ1) is 21.6. The molecule has 4 rings (SSSR count). The Morgan fingerprint density at radius 3 is 2.66 bits per heavy atom. The smallest absolute Gasteiger partial charge is 0.319 e. The molecular weight excluding hydrogens is 438 g/mol. The molecule has 0 aliphatic carbocycles. The van der Waals surface area contributed by atoms with Crippen molar-refractivity contribution in [2.75, 3.05) is 11.9 Å². The summed E-state index contributed by atoms with van der Waals surface area (Å²) >= 11 is 1.01. The highest BCUT2D eigenvalue weighted by atomic mass is 32.1. The monoisotopic (exact) mass is 456 g/mol. The third-order valence-electron chi connectivity index (χ3n) is 5.23. The van der Waals surface area contributed by atoms with Crippen LogP contribution >= 0.6 is 11.3 Å². The number of nitrogens with zero attached hydrogens (tertiary/aromatic N) is 2. The SMILES string of the molecule is CCC1(c2ccccc2)NC(=O)N(CC(=O)Nc2nc(-c3cc(F)ccc3F)cs2)C1=O. The Kier molecular flexibility index (Phi) is 5.70. The van der Waals surface area contributed by atoms with E-state index in [4.69, 9.17) is 0 Å². The molecule has 1 fully saturated rings. The average molecular weight is 456 g/mol. The number of hydrogen-bond acceptors (Lipinski definition) is 5. The molecule has 1 aliphatic rings. The van der Waals surface area contributed by atoms with Crippen LogP contribution in [0.15, 0.2) is 53.9 Å². The van der Waals surface area contributed by atoms with Gasteiger partial charge < -0.3 is 10.6 Å². The van der Waals surface area contributed by atoms with Crippen LogP contribution < -0.4 is 10.6 Å². The van der Waals surface area contributed by atoms with Gasteiger partial charge in [-0.3, -0.25) is 14.5 Å². The van der Waals surface area contributed by atoms with E-state index < -0.39 is 41.6 Å². The lowest BCUT2D eigenvalue weighted by Gasteiger charge is -2.25. The predicted octanol–water partition coefficient (Wildman–Crippen LogP) is 3.88. The molecule has 3 aromatic rings. The highest BCUT2D eigenvalue weighted by Gasteiger charge is 2.51. The molecule has 10 heteroatoms. The van der Waals surface area contributed by atoms with Crippen molar-refractivity contribution < 1.29 is 23.2 Å². The Labute approximate surface area is 186 Å². The molecule has 1 atom stereocenters. The van der Waals surface area contributed by atoms with E-state index in [-0.39, 0.29) is 16.4 Å². The zero-order valence-corrected chi connectivity index (χ0v) is 17.7. The molecule has 0 spiro atoms. The van der Waals surface area contributed by atoms with Crippen LogP contribution in [0.3, 0.4) is 0 Å². The van der Waals surface area contributed by atoms with E-state index in [0.717, 1.165) is 34.4 Å². The normalized spacial score (nSPS) is 18.0. The van der Waals surface area contributed by atoms with E-state index in [1.54, 1.807) is 37.3 Å². The number of benzene rings is 2. The van der Waals surface area contributed by atoms with Crippen molar-refractivity contribution in [3.8, 4) is 11.3 Å². The van der Waals surface area contributed by atoms with Crippen LogP contribution in [-0.4, -0.2) is 34.3 Å². The Bertz CT molecular complexity index is 1200. The van der Waals surface area contributed by atoms with Crippen LogP contribution in [0.1, 0.15) is 18.9 Å². The quantitative estimate of drug-likeness (QED) is 0.551. The first-order valence-corrected chi connectivity index (χ1v) is 10.6.